The van der Waals surface area contributed by atoms with Crippen molar-refractivity contribution in [3.05, 3.63) is 23.6 Å². The molecule has 0 spiro atoms. The molecule has 1 rings (SSSR count). The average Bonchev–Trinajstić information content (AvgIpc) is 1.88. The molecule has 0 saturated heterocycles. The van der Waals surface area contributed by atoms with Gasteiger partial charge in [-0.2, -0.15) is 0 Å². The van der Waals surface area contributed by atoms with Crippen LogP contribution in [-0.4, -0.2) is 10.1 Å². The van der Waals surface area contributed by atoms with Crippen LogP contribution in [0.15, 0.2) is 12.3 Å². The molecule has 0 aliphatic heterocycles. The maximum absolute atomic E-state index is 12.6. The van der Waals surface area contributed by atoms with E-state index in [0.29, 0.717) is 0 Å². The highest BCUT2D eigenvalue weighted by Crippen LogP contribution is 2.07. The minimum Gasteiger partial charge on any atom is -0.392 e. The largest absolute Gasteiger partial charge is 0.392 e. The van der Waals surface area contributed by atoms with E-state index in [-0.39, 0.29) is 18.0 Å². The molecule has 10 heavy (non-hydrogen) atoms. The molecule has 1 aromatic heterocycles. The lowest BCUT2D eigenvalue weighted by atomic mass is 10.3. The monoisotopic (exact) mass is 142 g/mol. The predicted molar refractivity (Wildman–Crippen MR) is 34.5 cm³/mol. The van der Waals surface area contributed by atoms with Crippen LogP contribution in [0, 0.1) is 5.82 Å². The first-order valence-electron chi connectivity index (χ1n) is 2.75. The standard InChI is InChI=1S/C6H7FN2O/c7-5-1-6(8)9-2-4(5)3-10/h1-2,10H,3H2,(H2,8,9). The Kier molecular flexibility index (Phi) is 1.82. The molecule has 3 nitrogen and oxygen atoms in total. The van der Waals surface area contributed by atoms with Crippen LogP contribution in [0.25, 0.3) is 0 Å². The first-order valence-corrected chi connectivity index (χ1v) is 2.75. The van der Waals surface area contributed by atoms with Gasteiger partial charge in [-0.05, 0) is 0 Å². The number of hydrogen-bond donors (Lipinski definition) is 2. The molecule has 1 heterocycles. The quantitative estimate of drug-likeness (QED) is 0.592. The molecule has 0 fully saturated rings. The molecule has 0 bridgehead atoms. The minimum atomic E-state index is -0.519. The van der Waals surface area contributed by atoms with Gasteiger partial charge in [0.25, 0.3) is 0 Å². The number of nitrogen functional groups attached to an aromatic ring is 1. The average molecular weight is 142 g/mol. The van der Waals surface area contributed by atoms with E-state index < -0.39 is 5.82 Å². The number of pyridine rings is 1. The third-order valence-corrected chi connectivity index (χ3v) is 1.12. The van der Waals surface area contributed by atoms with Gasteiger partial charge >= 0.3 is 0 Å². The summed E-state index contributed by atoms with van der Waals surface area (Å²) in [7, 11) is 0. The summed E-state index contributed by atoms with van der Waals surface area (Å²) in [4.78, 5) is 3.59. The van der Waals surface area contributed by atoms with E-state index in [4.69, 9.17) is 10.8 Å². The molecule has 0 atom stereocenters. The molecule has 3 N–H and O–H groups in total. The fourth-order valence-electron chi connectivity index (χ4n) is 0.590. The predicted octanol–water partition coefficient (Wildman–Crippen LogP) is 0.295. The molecule has 54 valence electrons. The van der Waals surface area contributed by atoms with Crippen LogP contribution in [0.2, 0.25) is 0 Å². The summed E-state index contributed by atoms with van der Waals surface area (Å²) in [6.45, 7) is -0.348. The summed E-state index contributed by atoms with van der Waals surface area (Å²) in [5.41, 5.74) is 5.31. The van der Waals surface area contributed by atoms with Crippen molar-refractivity contribution in [3.8, 4) is 0 Å². The number of nitrogens with two attached hydrogens (primary N) is 1. The highest BCUT2D eigenvalue weighted by atomic mass is 19.1. The second-order valence-electron chi connectivity index (χ2n) is 1.86. The van der Waals surface area contributed by atoms with Crippen molar-refractivity contribution in [1.29, 1.82) is 0 Å². The lowest BCUT2D eigenvalue weighted by Crippen LogP contribution is -1.95. The second kappa shape index (κ2) is 2.62. The highest BCUT2D eigenvalue weighted by molar-refractivity contribution is 5.30. The molecule has 4 heteroatoms. The van der Waals surface area contributed by atoms with Crippen LogP contribution in [0.5, 0.6) is 0 Å². The number of rotatable bonds is 1. The van der Waals surface area contributed by atoms with Crippen LogP contribution < -0.4 is 5.73 Å². The Bertz CT molecular complexity index is 239. The smallest absolute Gasteiger partial charge is 0.133 e. The van der Waals surface area contributed by atoms with Gasteiger partial charge in [-0.1, -0.05) is 0 Å². The van der Waals surface area contributed by atoms with E-state index in [1.165, 1.54) is 6.20 Å². The van der Waals surface area contributed by atoms with Crippen molar-refractivity contribution in [2.24, 2.45) is 0 Å². The van der Waals surface area contributed by atoms with Crippen molar-refractivity contribution < 1.29 is 9.50 Å². The van der Waals surface area contributed by atoms with Gasteiger partial charge in [-0.3, -0.25) is 0 Å². The first kappa shape index (κ1) is 6.95. The topological polar surface area (TPSA) is 59.1 Å². The number of aliphatic hydroxyl groups is 1. The Labute approximate surface area is 57.3 Å². The number of anilines is 1. The summed E-state index contributed by atoms with van der Waals surface area (Å²) < 4.78 is 12.6. The Morgan fingerprint density at radius 1 is 1.70 bits per heavy atom. The van der Waals surface area contributed by atoms with Gasteiger partial charge in [0.2, 0.25) is 0 Å². The molecule has 0 aliphatic carbocycles. The van der Waals surface area contributed by atoms with Crippen molar-refractivity contribution in [3.63, 3.8) is 0 Å². The molecule has 0 aromatic carbocycles. The zero-order chi connectivity index (χ0) is 7.56. The molecule has 1 aromatic rings. The van der Waals surface area contributed by atoms with Gasteiger partial charge in [0.1, 0.15) is 11.6 Å². The molecule has 0 aliphatic rings. The van der Waals surface area contributed by atoms with E-state index in [1.807, 2.05) is 0 Å². The van der Waals surface area contributed by atoms with Gasteiger partial charge in [0, 0.05) is 17.8 Å². The molecular weight excluding hydrogens is 135 g/mol. The van der Waals surface area contributed by atoms with Gasteiger partial charge < -0.3 is 10.8 Å². The van der Waals surface area contributed by atoms with Crippen LogP contribution in [-0.2, 0) is 6.61 Å². The Balaban J connectivity index is 3.07. The third-order valence-electron chi connectivity index (χ3n) is 1.12. The Morgan fingerprint density at radius 2 is 2.40 bits per heavy atom. The minimum absolute atomic E-state index is 0.120. The highest BCUT2D eigenvalue weighted by Gasteiger charge is 1.99. The zero-order valence-corrected chi connectivity index (χ0v) is 5.21. The molecular formula is C6H7FN2O. The summed E-state index contributed by atoms with van der Waals surface area (Å²) in [6.07, 6.45) is 1.21. The van der Waals surface area contributed by atoms with Gasteiger partial charge in [-0.15, -0.1) is 0 Å². The summed E-state index contributed by atoms with van der Waals surface area (Å²) >= 11 is 0. The summed E-state index contributed by atoms with van der Waals surface area (Å²) in [5, 5.41) is 8.49. The normalized spacial score (nSPS) is 9.80. The number of hydrogen-bond acceptors (Lipinski definition) is 3. The second-order valence-corrected chi connectivity index (χ2v) is 1.86. The van der Waals surface area contributed by atoms with Crippen molar-refractivity contribution >= 4 is 5.82 Å². The SMILES string of the molecule is Nc1cc(F)c(CO)cn1. The van der Waals surface area contributed by atoms with Crippen LogP contribution >= 0.6 is 0 Å². The van der Waals surface area contributed by atoms with Gasteiger partial charge in [0.05, 0.1) is 6.61 Å². The van der Waals surface area contributed by atoms with E-state index >= 15 is 0 Å². The van der Waals surface area contributed by atoms with Crippen LogP contribution in [0.4, 0.5) is 10.2 Å². The van der Waals surface area contributed by atoms with E-state index in [1.54, 1.807) is 0 Å². The van der Waals surface area contributed by atoms with Crippen molar-refractivity contribution in [1.82, 2.24) is 4.98 Å². The molecule has 0 amide bonds. The third kappa shape index (κ3) is 1.22. The fraction of sp³-hybridized carbons (Fsp3) is 0.167. The summed E-state index contributed by atoms with van der Waals surface area (Å²) in [5.74, 6) is -0.398. The summed E-state index contributed by atoms with van der Waals surface area (Å²) in [6, 6.07) is 1.07. The molecule has 0 unspecified atom stereocenters. The molecule has 0 radical (unpaired) electrons. The molecule has 0 saturated carbocycles. The lowest BCUT2D eigenvalue weighted by molar-refractivity contribution is 0.275. The van der Waals surface area contributed by atoms with E-state index in [2.05, 4.69) is 4.98 Å². The maximum atomic E-state index is 12.6. The number of aliphatic hydroxyl groups excluding tert-OH is 1. The zero-order valence-electron chi connectivity index (χ0n) is 5.21. The fourth-order valence-corrected chi connectivity index (χ4v) is 0.590. The van der Waals surface area contributed by atoms with Crippen molar-refractivity contribution in [2.75, 3.05) is 5.73 Å². The lowest BCUT2D eigenvalue weighted by Gasteiger charge is -1.97. The Hall–Kier alpha value is -1.16. The maximum Gasteiger partial charge on any atom is 0.133 e. The van der Waals surface area contributed by atoms with Crippen LogP contribution in [0.1, 0.15) is 5.56 Å². The van der Waals surface area contributed by atoms with Crippen LogP contribution in [0.3, 0.4) is 0 Å². The van der Waals surface area contributed by atoms with Gasteiger partial charge in [-0.25, -0.2) is 9.37 Å². The first-order chi connectivity index (χ1) is 4.74. The number of halogens is 1. The Morgan fingerprint density at radius 3 is 2.90 bits per heavy atom. The van der Waals surface area contributed by atoms with Crippen molar-refractivity contribution in [2.45, 2.75) is 6.61 Å². The van der Waals surface area contributed by atoms with Gasteiger partial charge in [0.15, 0.2) is 0 Å². The van der Waals surface area contributed by atoms with E-state index in [0.717, 1.165) is 6.07 Å². The number of aromatic nitrogens is 1. The number of nitrogens with zero attached hydrogens (tertiary/aromatic N) is 1. The van der Waals surface area contributed by atoms with E-state index in [9.17, 15) is 4.39 Å².